The number of nitrogens with zero attached hydrogens (tertiary/aromatic N) is 2. The summed E-state index contributed by atoms with van der Waals surface area (Å²) in [7, 11) is 0. The molecule has 3 nitrogen and oxygen atoms in total. The van der Waals surface area contributed by atoms with Crippen LogP contribution < -0.4 is 9.80 Å². The Bertz CT molecular complexity index is 2540. The summed E-state index contributed by atoms with van der Waals surface area (Å²) in [4.78, 5) is 4.59. The molecule has 51 heavy (non-hydrogen) atoms. The number of fused-ring (bicyclic) bond motifs is 3. The van der Waals surface area contributed by atoms with Crippen LogP contribution in [0.15, 0.2) is 211 Å². The molecule has 3 heteroatoms. The molecule has 0 aliphatic rings. The normalized spacial score (nSPS) is 11.1. The van der Waals surface area contributed by atoms with Crippen LogP contribution in [0.3, 0.4) is 0 Å². The molecule has 242 valence electrons. The summed E-state index contributed by atoms with van der Waals surface area (Å²) in [5.41, 5.74) is 12.9. The summed E-state index contributed by atoms with van der Waals surface area (Å²) in [6, 6.07) is 72.6. The quantitative estimate of drug-likeness (QED) is 0.163. The van der Waals surface area contributed by atoms with Gasteiger partial charge in [0.25, 0.3) is 0 Å². The van der Waals surface area contributed by atoms with Gasteiger partial charge < -0.3 is 14.2 Å². The van der Waals surface area contributed by atoms with Gasteiger partial charge in [0.05, 0.1) is 0 Å². The van der Waals surface area contributed by atoms with Gasteiger partial charge in [0.2, 0.25) is 0 Å². The van der Waals surface area contributed by atoms with Gasteiger partial charge in [-0.05, 0) is 107 Å². The van der Waals surface area contributed by atoms with E-state index in [-0.39, 0.29) is 0 Å². The van der Waals surface area contributed by atoms with Gasteiger partial charge >= 0.3 is 0 Å². The number of hydrogen-bond donors (Lipinski definition) is 0. The van der Waals surface area contributed by atoms with Crippen molar-refractivity contribution in [1.82, 2.24) is 0 Å². The third-order valence-corrected chi connectivity index (χ3v) is 9.41. The number of rotatable bonds is 8. The van der Waals surface area contributed by atoms with Crippen LogP contribution in [0.1, 0.15) is 0 Å². The molecule has 9 rings (SSSR count). The Kier molecular flexibility index (Phi) is 7.84. The number of hydrogen-bond acceptors (Lipinski definition) is 3. The molecular formula is C48H34N2O. The first-order chi connectivity index (χ1) is 25.3. The molecule has 1 heterocycles. The standard InChI is InChI=1S/C48H34N2O/c1-5-15-35(16-6-1)36-17-13-26-43(31-36)50(41-23-11-4-12-24-41)44-28-29-45-46-33-38(27-30-47(46)51-48(45)34-44)37-18-14-25-42(32-37)49(39-19-7-2-8-20-39)40-21-9-3-10-22-40/h1-34H. The highest BCUT2D eigenvalue weighted by molar-refractivity contribution is 6.07. The largest absolute Gasteiger partial charge is 0.456 e. The molecule has 0 saturated carbocycles. The summed E-state index contributed by atoms with van der Waals surface area (Å²) in [5.74, 6) is 0. The predicted octanol–water partition coefficient (Wildman–Crippen LogP) is 13.9. The zero-order valence-corrected chi connectivity index (χ0v) is 27.9. The van der Waals surface area contributed by atoms with E-state index in [2.05, 4.69) is 216 Å². The van der Waals surface area contributed by atoms with E-state index in [1.54, 1.807) is 0 Å². The molecule has 0 fully saturated rings. The SMILES string of the molecule is c1ccc(-c2cccc(N(c3ccccc3)c3ccc4c(c3)oc3ccc(-c5cccc(N(c6ccccc6)c6ccccc6)c5)cc34)c2)cc1. The van der Waals surface area contributed by atoms with Gasteiger partial charge in [0.15, 0.2) is 0 Å². The van der Waals surface area contributed by atoms with Gasteiger partial charge in [0.1, 0.15) is 11.2 Å². The van der Waals surface area contributed by atoms with Gasteiger partial charge in [-0.15, -0.1) is 0 Å². The van der Waals surface area contributed by atoms with Crippen molar-refractivity contribution >= 4 is 56.1 Å². The molecule has 0 saturated heterocycles. The topological polar surface area (TPSA) is 19.6 Å². The van der Waals surface area contributed by atoms with E-state index in [0.717, 1.165) is 67.2 Å². The van der Waals surface area contributed by atoms with Crippen LogP contribution in [-0.2, 0) is 0 Å². The second-order valence-corrected chi connectivity index (χ2v) is 12.6. The molecule has 0 N–H and O–H groups in total. The first kappa shape index (κ1) is 30.2. The Morgan fingerprint density at radius 1 is 0.255 bits per heavy atom. The number of anilines is 6. The van der Waals surface area contributed by atoms with Crippen molar-refractivity contribution in [2.45, 2.75) is 0 Å². The molecule has 0 amide bonds. The van der Waals surface area contributed by atoms with Crippen molar-refractivity contribution in [1.29, 1.82) is 0 Å². The molecular weight excluding hydrogens is 621 g/mol. The molecule has 0 atom stereocenters. The fraction of sp³-hybridized carbons (Fsp3) is 0. The summed E-state index contributed by atoms with van der Waals surface area (Å²) in [6.45, 7) is 0. The fourth-order valence-electron chi connectivity index (χ4n) is 6.99. The highest BCUT2D eigenvalue weighted by Gasteiger charge is 2.17. The lowest BCUT2D eigenvalue weighted by atomic mass is 10.0. The molecule has 9 aromatic rings. The number of para-hydroxylation sites is 3. The second-order valence-electron chi connectivity index (χ2n) is 12.6. The van der Waals surface area contributed by atoms with Gasteiger partial charge in [-0.25, -0.2) is 0 Å². The summed E-state index contributed by atoms with van der Waals surface area (Å²) >= 11 is 0. The molecule has 0 aliphatic heterocycles. The predicted molar refractivity (Wildman–Crippen MR) is 214 cm³/mol. The third kappa shape index (κ3) is 5.92. The Labute approximate surface area is 297 Å². The molecule has 0 unspecified atom stereocenters. The monoisotopic (exact) mass is 654 g/mol. The Morgan fingerprint density at radius 2 is 0.686 bits per heavy atom. The lowest BCUT2D eigenvalue weighted by molar-refractivity contribution is 0.669. The van der Waals surface area contributed by atoms with E-state index in [9.17, 15) is 0 Å². The van der Waals surface area contributed by atoms with Crippen LogP contribution in [-0.4, -0.2) is 0 Å². The van der Waals surface area contributed by atoms with Crippen molar-refractivity contribution < 1.29 is 4.42 Å². The van der Waals surface area contributed by atoms with Gasteiger partial charge in [-0.1, -0.05) is 115 Å². The van der Waals surface area contributed by atoms with Gasteiger partial charge in [-0.3, -0.25) is 0 Å². The lowest BCUT2D eigenvalue weighted by Gasteiger charge is -2.26. The van der Waals surface area contributed by atoms with Crippen molar-refractivity contribution in [3.63, 3.8) is 0 Å². The molecule has 8 aromatic carbocycles. The highest BCUT2D eigenvalue weighted by Crippen LogP contribution is 2.41. The minimum atomic E-state index is 0.855. The maximum Gasteiger partial charge on any atom is 0.137 e. The molecule has 0 bridgehead atoms. The maximum atomic E-state index is 6.54. The summed E-state index contributed by atoms with van der Waals surface area (Å²) < 4.78 is 6.54. The molecule has 1 aromatic heterocycles. The number of benzene rings is 8. The van der Waals surface area contributed by atoms with Crippen LogP contribution in [0, 0.1) is 0 Å². The van der Waals surface area contributed by atoms with E-state index < -0.39 is 0 Å². The summed E-state index contributed by atoms with van der Waals surface area (Å²) in [6.07, 6.45) is 0. The second kappa shape index (κ2) is 13.2. The van der Waals surface area contributed by atoms with Crippen LogP contribution in [0.4, 0.5) is 34.1 Å². The van der Waals surface area contributed by atoms with Gasteiger partial charge in [0, 0.05) is 51.0 Å². The minimum absolute atomic E-state index is 0.855. The van der Waals surface area contributed by atoms with Crippen LogP contribution in [0.25, 0.3) is 44.2 Å². The van der Waals surface area contributed by atoms with Crippen molar-refractivity contribution in [3.05, 3.63) is 206 Å². The third-order valence-electron chi connectivity index (χ3n) is 9.41. The zero-order chi connectivity index (χ0) is 34.0. The molecule has 0 spiro atoms. The first-order valence-electron chi connectivity index (χ1n) is 17.3. The van der Waals surface area contributed by atoms with Gasteiger partial charge in [-0.2, -0.15) is 0 Å². The van der Waals surface area contributed by atoms with E-state index in [1.807, 2.05) is 0 Å². The molecule has 0 aliphatic carbocycles. The van der Waals surface area contributed by atoms with Crippen LogP contribution in [0.5, 0.6) is 0 Å². The minimum Gasteiger partial charge on any atom is -0.456 e. The Hall–Kier alpha value is -6.84. The van der Waals surface area contributed by atoms with E-state index in [4.69, 9.17) is 4.42 Å². The highest BCUT2D eigenvalue weighted by atomic mass is 16.3. The Balaban J connectivity index is 1.11. The smallest absolute Gasteiger partial charge is 0.137 e. The fourth-order valence-corrected chi connectivity index (χ4v) is 6.99. The van der Waals surface area contributed by atoms with Crippen molar-refractivity contribution in [2.75, 3.05) is 9.80 Å². The summed E-state index contributed by atoms with van der Waals surface area (Å²) in [5, 5.41) is 2.19. The van der Waals surface area contributed by atoms with E-state index in [1.165, 1.54) is 11.1 Å². The zero-order valence-electron chi connectivity index (χ0n) is 27.9. The van der Waals surface area contributed by atoms with Crippen LogP contribution >= 0.6 is 0 Å². The first-order valence-corrected chi connectivity index (χ1v) is 17.3. The average molecular weight is 655 g/mol. The maximum absolute atomic E-state index is 6.54. The van der Waals surface area contributed by atoms with Crippen molar-refractivity contribution in [2.24, 2.45) is 0 Å². The number of furan rings is 1. The molecule has 0 radical (unpaired) electrons. The Morgan fingerprint density at radius 3 is 1.25 bits per heavy atom. The lowest BCUT2D eigenvalue weighted by Crippen LogP contribution is -2.09. The van der Waals surface area contributed by atoms with Crippen molar-refractivity contribution in [3.8, 4) is 22.3 Å². The average Bonchev–Trinajstić information content (AvgIpc) is 3.57. The van der Waals surface area contributed by atoms with E-state index in [0.29, 0.717) is 0 Å². The van der Waals surface area contributed by atoms with E-state index >= 15 is 0 Å². The van der Waals surface area contributed by atoms with Crippen LogP contribution in [0.2, 0.25) is 0 Å².